The van der Waals surface area contributed by atoms with Crippen molar-refractivity contribution in [3.8, 4) is 11.5 Å². The summed E-state index contributed by atoms with van der Waals surface area (Å²) in [6.45, 7) is 2.78. The number of rotatable bonds is 0. The lowest BCUT2D eigenvalue weighted by atomic mass is 9.83. The van der Waals surface area contributed by atoms with E-state index >= 15 is 0 Å². The second-order valence-corrected chi connectivity index (χ2v) is 5.94. The highest BCUT2D eigenvalue weighted by Crippen LogP contribution is 2.50. The van der Waals surface area contributed by atoms with E-state index in [0.29, 0.717) is 0 Å². The van der Waals surface area contributed by atoms with Crippen molar-refractivity contribution in [1.29, 1.82) is 0 Å². The fourth-order valence-electron chi connectivity index (χ4n) is 3.58. The molecule has 2 aliphatic heterocycles. The summed E-state index contributed by atoms with van der Waals surface area (Å²) in [4.78, 5) is 14.5. The number of aryl methyl sites for hydroxylation is 1. The molecule has 2 aliphatic rings. The summed E-state index contributed by atoms with van der Waals surface area (Å²) in [5.41, 5.74) is 3.23. The molecule has 106 valence electrons. The van der Waals surface area contributed by atoms with E-state index in [0.717, 1.165) is 34.7 Å². The Morgan fingerprint density at radius 1 is 1.10 bits per heavy atom. The first kappa shape index (κ1) is 12.5. The first-order valence-electron chi connectivity index (χ1n) is 7.28. The van der Waals surface area contributed by atoms with Crippen molar-refractivity contribution in [2.75, 3.05) is 13.6 Å². The van der Waals surface area contributed by atoms with E-state index in [-0.39, 0.29) is 17.7 Å². The minimum absolute atomic E-state index is 0.131. The highest BCUT2D eigenvalue weighted by Gasteiger charge is 2.44. The van der Waals surface area contributed by atoms with Gasteiger partial charge >= 0.3 is 0 Å². The summed E-state index contributed by atoms with van der Waals surface area (Å²) < 4.78 is 6.18. The van der Waals surface area contributed by atoms with Crippen LogP contribution in [0.3, 0.4) is 0 Å². The molecule has 3 heteroatoms. The van der Waals surface area contributed by atoms with Gasteiger partial charge in [0.05, 0.1) is 5.92 Å². The second-order valence-electron chi connectivity index (χ2n) is 5.94. The molecule has 1 saturated heterocycles. The summed E-state index contributed by atoms with van der Waals surface area (Å²) in [6, 6.07) is 14.2. The lowest BCUT2D eigenvalue weighted by Crippen LogP contribution is -2.21. The number of likely N-dealkylation sites (N-methyl/N-ethyl adjacent to an activating group) is 1. The lowest BCUT2D eigenvalue weighted by Gasteiger charge is -2.16. The predicted octanol–water partition coefficient (Wildman–Crippen LogP) is 3.44. The minimum atomic E-state index is -0.131. The quantitative estimate of drug-likeness (QED) is 0.739. The average Bonchev–Trinajstić information content (AvgIpc) is 2.69. The summed E-state index contributed by atoms with van der Waals surface area (Å²) in [5, 5.41) is 0. The van der Waals surface area contributed by atoms with Crippen molar-refractivity contribution in [2.45, 2.75) is 18.8 Å². The molecule has 0 radical (unpaired) electrons. The number of carbonyl (C=O) groups excluding carboxylic acids is 1. The molecule has 2 unspecified atom stereocenters. The molecule has 1 amide bonds. The molecule has 0 aromatic heterocycles. The van der Waals surface area contributed by atoms with Crippen molar-refractivity contribution in [1.82, 2.24) is 4.90 Å². The minimum Gasteiger partial charge on any atom is -0.456 e. The fraction of sp³-hybridized carbons (Fsp3) is 0.278. The van der Waals surface area contributed by atoms with Gasteiger partial charge in [0, 0.05) is 30.6 Å². The maximum absolute atomic E-state index is 12.6. The van der Waals surface area contributed by atoms with Crippen molar-refractivity contribution in [2.24, 2.45) is 0 Å². The normalized spacial score (nSPS) is 23.0. The van der Waals surface area contributed by atoms with Crippen LogP contribution in [-0.4, -0.2) is 24.4 Å². The van der Waals surface area contributed by atoms with Crippen LogP contribution in [0.1, 0.15) is 28.5 Å². The molecular weight excluding hydrogens is 262 g/mol. The van der Waals surface area contributed by atoms with E-state index in [1.165, 1.54) is 0 Å². The Bertz CT molecular complexity index is 738. The highest BCUT2D eigenvalue weighted by molar-refractivity contribution is 5.89. The van der Waals surface area contributed by atoms with Gasteiger partial charge < -0.3 is 9.64 Å². The van der Waals surface area contributed by atoms with Crippen LogP contribution in [0.4, 0.5) is 0 Å². The monoisotopic (exact) mass is 279 g/mol. The second kappa shape index (κ2) is 4.35. The third-order valence-electron chi connectivity index (χ3n) is 4.62. The van der Waals surface area contributed by atoms with Crippen LogP contribution < -0.4 is 4.74 Å². The maximum atomic E-state index is 12.6. The van der Waals surface area contributed by atoms with Gasteiger partial charge in [0.1, 0.15) is 11.5 Å². The zero-order valence-electron chi connectivity index (χ0n) is 12.2. The Morgan fingerprint density at radius 2 is 1.86 bits per heavy atom. The van der Waals surface area contributed by atoms with E-state index in [4.69, 9.17) is 4.74 Å². The molecule has 3 nitrogen and oxygen atoms in total. The number of amides is 1. The summed E-state index contributed by atoms with van der Waals surface area (Å²) in [6.07, 6.45) is 0. The van der Waals surface area contributed by atoms with Gasteiger partial charge in [0.2, 0.25) is 5.91 Å². The lowest BCUT2D eigenvalue weighted by molar-refractivity contribution is -0.127. The van der Waals surface area contributed by atoms with Crippen LogP contribution in [0, 0.1) is 6.92 Å². The third-order valence-corrected chi connectivity index (χ3v) is 4.62. The highest BCUT2D eigenvalue weighted by atomic mass is 16.5. The van der Waals surface area contributed by atoms with Gasteiger partial charge in [0.15, 0.2) is 0 Å². The molecule has 21 heavy (non-hydrogen) atoms. The first-order chi connectivity index (χ1) is 10.2. The van der Waals surface area contributed by atoms with Gasteiger partial charge in [-0.3, -0.25) is 4.79 Å². The number of fused-ring (bicyclic) bond motifs is 5. The smallest absolute Gasteiger partial charge is 0.230 e. The van der Waals surface area contributed by atoms with Crippen LogP contribution in [0.15, 0.2) is 42.5 Å². The number of para-hydroxylation sites is 2. The Hall–Kier alpha value is -2.29. The van der Waals surface area contributed by atoms with Crippen molar-refractivity contribution < 1.29 is 9.53 Å². The summed E-state index contributed by atoms with van der Waals surface area (Å²) in [5.74, 6) is 1.95. The number of benzene rings is 2. The topological polar surface area (TPSA) is 29.5 Å². The van der Waals surface area contributed by atoms with Crippen molar-refractivity contribution in [3.63, 3.8) is 0 Å². The van der Waals surface area contributed by atoms with Crippen molar-refractivity contribution in [3.05, 3.63) is 59.2 Å². The number of hydrogen-bond acceptors (Lipinski definition) is 2. The van der Waals surface area contributed by atoms with Crippen LogP contribution in [-0.2, 0) is 4.79 Å². The molecule has 0 aliphatic carbocycles. The Labute approximate surface area is 124 Å². The van der Waals surface area contributed by atoms with Crippen LogP contribution in [0.5, 0.6) is 11.5 Å². The number of ether oxygens (including phenoxy) is 1. The third kappa shape index (κ3) is 1.70. The van der Waals surface area contributed by atoms with Crippen LogP contribution in [0.25, 0.3) is 0 Å². The number of carbonyl (C=O) groups is 1. The molecule has 2 aromatic rings. The van der Waals surface area contributed by atoms with Gasteiger partial charge in [-0.1, -0.05) is 36.4 Å². The number of hydrogen-bond donors (Lipinski definition) is 0. The zero-order valence-corrected chi connectivity index (χ0v) is 12.2. The zero-order chi connectivity index (χ0) is 14.6. The summed E-state index contributed by atoms with van der Waals surface area (Å²) in [7, 11) is 1.88. The number of nitrogens with zero attached hydrogens (tertiary/aromatic N) is 1. The SMILES string of the molecule is Cc1cccc2c1Oc1ccccc1C1CN(C)C(=O)C21. The van der Waals surface area contributed by atoms with E-state index < -0.39 is 0 Å². The molecule has 2 atom stereocenters. The molecule has 2 aromatic carbocycles. The molecular formula is C18H17NO2. The van der Waals surface area contributed by atoms with E-state index in [9.17, 15) is 4.79 Å². The molecule has 0 N–H and O–H groups in total. The standard InChI is InChI=1S/C18H17NO2/c1-11-6-5-8-13-16-14(10-19(2)18(16)20)12-7-3-4-9-15(12)21-17(11)13/h3-9,14,16H,10H2,1-2H3. The van der Waals surface area contributed by atoms with E-state index in [1.807, 2.05) is 55.3 Å². The van der Waals surface area contributed by atoms with Gasteiger partial charge in [-0.15, -0.1) is 0 Å². The number of likely N-dealkylation sites (tertiary alicyclic amines) is 1. The predicted molar refractivity (Wildman–Crippen MR) is 80.8 cm³/mol. The summed E-state index contributed by atoms with van der Waals surface area (Å²) >= 11 is 0. The Kier molecular flexibility index (Phi) is 2.58. The van der Waals surface area contributed by atoms with E-state index in [1.54, 1.807) is 0 Å². The molecule has 0 saturated carbocycles. The van der Waals surface area contributed by atoms with E-state index in [2.05, 4.69) is 6.07 Å². The van der Waals surface area contributed by atoms with Crippen LogP contribution >= 0.6 is 0 Å². The Balaban J connectivity index is 2.01. The molecule has 0 spiro atoms. The molecule has 0 bridgehead atoms. The fourth-order valence-corrected chi connectivity index (χ4v) is 3.58. The van der Waals surface area contributed by atoms with Gasteiger partial charge in [-0.25, -0.2) is 0 Å². The molecule has 2 heterocycles. The van der Waals surface area contributed by atoms with Crippen LogP contribution in [0.2, 0.25) is 0 Å². The average molecular weight is 279 g/mol. The van der Waals surface area contributed by atoms with Crippen molar-refractivity contribution >= 4 is 5.91 Å². The largest absolute Gasteiger partial charge is 0.456 e. The van der Waals surface area contributed by atoms with Gasteiger partial charge in [-0.2, -0.15) is 0 Å². The molecule has 1 fully saturated rings. The Morgan fingerprint density at radius 3 is 2.71 bits per heavy atom. The molecule has 4 rings (SSSR count). The van der Waals surface area contributed by atoms with Gasteiger partial charge in [0.25, 0.3) is 0 Å². The van der Waals surface area contributed by atoms with Gasteiger partial charge in [-0.05, 0) is 18.6 Å². The maximum Gasteiger partial charge on any atom is 0.230 e. The first-order valence-corrected chi connectivity index (χ1v) is 7.28.